The van der Waals surface area contributed by atoms with Crippen molar-refractivity contribution in [2.75, 3.05) is 33.2 Å². The van der Waals surface area contributed by atoms with Gasteiger partial charge >= 0.3 is 6.18 Å². The summed E-state index contributed by atoms with van der Waals surface area (Å²) in [5.74, 6) is -1.42. The Morgan fingerprint density at radius 3 is 2.76 bits per heavy atom. The molecule has 5 nitrogen and oxygen atoms in total. The number of amides is 2. The van der Waals surface area contributed by atoms with E-state index < -0.39 is 24.5 Å². The second-order valence-electron chi connectivity index (χ2n) is 5.68. The van der Waals surface area contributed by atoms with Crippen molar-refractivity contribution in [3.05, 3.63) is 0 Å². The quantitative estimate of drug-likeness (QED) is 0.828. The molecule has 2 fully saturated rings. The smallest absolute Gasteiger partial charge is 0.338 e. The maximum Gasteiger partial charge on any atom is 0.406 e. The summed E-state index contributed by atoms with van der Waals surface area (Å²) in [7, 11) is 1.80. The molecule has 2 aliphatic rings. The number of likely N-dealkylation sites (N-methyl/N-ethyl adjacent to an activating group) is 1. The monoisotopic (exact) mass is 307 g/mol. The van der Waals surface area contributed by atoms with E-state index in [2.05, 4.69) is 5.32 Å². The first-order valence-corrected chi connectivity index (χ1v) is 7.11. The molecule has 0 spiro atoms. The van der Waals surface area contributed by atoms with Gasteiger partial charge in [0.15, 0.2) is 0 Å². The van der Waals surface area contributed by atoms with Gasteiger partial charge in [-0.3, -0.25) is 9.59 Å². The van der Waals surface area contributed by atoms with Crippen LogP contribution in [-0.4, -0.2) is 67.1 Å². The summed E-state index contributed by atoms with van der Waals surface area (Å²) in [6.45, 7) is -0.108. The third kappa shape index (κ3) is 3.87. The minimum Gasteiger partial charge on any atom is -0.338 e. The highest BCUT2D eigenvalue weighted by Crippen LogP contribution is 2.27. The van der Waals surface area contributed by atoms with Crippen LogP contribution in [0.2, 0.25) is 0 Å². The molecule has 21 heavy (non-hydrogen) atoms. The van der Waals surface area contributed by atoms with Crippen LogP contribution in [0.4, 0.5) is 13.2 Å². The molecule has 2 saturated heterocycles. The number of hydrogen-bond donors (Lipinski definition) is 1. The number of hydrogen-bond acceptors (Lipinski definition) is 3. The van der Waals surface area contributed by atoms with E-state index in [0.29, 0.717) is 13.1 Å². The number of halogens is 3. The first-order chi connectivity index (χ1) is 9.81. The lowest BCUT2D eigenvalue weighted by Gasteiger charge is -2.27. The van der Waals surface area contributed by atoms with Gasteiger partial charge in [0.1, 0.15) is 6.54 Å². The van der Waals surface area contributed by atoms with Gasteiger partial charge < -0.3 is 15.1 Å². The molecule has 0 aromatic rings. The minimum absolute atomic E-state index is 0.0780. The third-order valence-electron chi connectivity index (χ3n) is 4.03. The topological polar surface area (TPSA) is 52.7 Å². The molecule has 8 heteroatoms. The van der Waals surface area contributed by atoms with E-state index in [1.165, 1.54) is 0 Å². The number of carbonyl (C=O) groups excluding carboxylic acids is 2. The number of nitrogens with one attached hydrogen (secondary N) is 1. The van der Waals surface area contributed by atoms with Gasteiger partial charge in [0.2, 0.25) is 11.8 Å². The van der Waals surface area contributed by atoms with Crippen LogP contribution in [0.1, 0.15) is 19.3 Å². The fourth-order valence-corrected chi connectivity index (χ4v) is 3.12. The summed E-state index contributed by atoms with van der Waals surface area (Å²) in [5, 5.41) is 3.01. The summed E-state index contributed by atoms with van der Waals surface area (Å²) >= 11 is 0. The number of alkyl halides is 3. The van der Waals surface area contributed by atoms with E-state index in [-0.39, 0.29) is 24.9 Å². The molecular weight excluding hydrogens is 287 g/mol. The van der Waals surface area contributed by atoms with E-state index >= 15 is 0 Å². The molecule has 0 aliphatic carbocycles. The van der Waals surface area contributed by atoms with E-state index in [1.807, 2.05) is 0 Å². The Balaban J connectivity index is 1.96. The second-order valence-corrected chi connectivity index (χ2v) is 5.68. The van der Waals surface area contributed by atoms with Crippen molar-refractivity contribution in [3.63, 3.8) is 0 Å². The Bertz CT molecular complexity index is 414. The van der Waals surface area contributed by atoms with Crippen LogP contribution in [0.5, 0.6) is 0 Å². The van der Waals surface area contributed by atoms with Crippen LogP contribution in [0.15, 0.2) is 0 Å². The van der Waals surface area contributed by atoms with Gasteiger partial charge in [-0.05, 0) is 19.9 Å². The Morgan fingerprint density at radius 2 is 2.14 bits per heavy atom. The molecule has 0 radical (unpaired) electrons. The Labute approximate surface area is 121 Å². The molecule has 0 unspecified atom stereocenters. The van der Waals surface area contributed by atoms with Gasteiger partial charge in [0.05, 0.1) is 5.92 Å². The largest absolute Gasteiger partial charge is 0.406 e. The maximum atomic E-state index is 12.4. The molecule has 2 rings (SSSR count). The molecule has 120 valence electrons. The number of rotatable bonds is 4. The number of nitrogens with zero attached hydrogens (tertiary/aromatic N) is 2. The predicted octanol–water partition coefficient (Wildman–Crippen LogP) is 0.608. The van der Waals surface area contributed by atoms with E-state index in [9.17, 15) is 22.8 Å². The van der Waals surface area contributed by atoms with Crippen molar-refractivity contribution in [3.8, 4) is 0 Å². The van der Waals surface area contributed by atoms with Crippen molar-refractivity contribution in [2.24, 2.45) is 5.92 Å². The highest BCUT2D eigenvalue weighted by Gasteiger charge is 2.43. The summed E-state index contributed by atoms with van der Waals surface area (Å²) in [6, 6.07) is 0.0780. The standard InChI is InChI=1S/C13H20F3N3O2/c1-17-6-10-3-2-4-19(10)12(21)9-5-11(20)18(7-9)8-13(14,15)16/h9-10,17H,2-8H2,1H3/t9-,10+/m1/s1. The van der Waals surface area contributed by atoms with Gasteiger partial charge in [-0.25, -0.2) is 0 Å². The molecule has 2 aliphatic heterocycles. The van der Waals surface area contributed by atoms with Crippen LogP contribution in [0.3, 0.4) is 0 Å². The van der Waals surface area contributed by atoms with Crippen molar-refractivity contribution in [2.45, 2.75) is 31.5 Å². The molecule has 0 saturated carbocycles. The first kappa shape index (κ1) is 16.1. The second kappa shape index (κ2) is 6.21. The summed E-state index contributed by atoms with van der Waals surface area (Å²) in [6.07, 6.45) is -2.75. The van der Waals surface area contributed by atoms with E-state index in [4.69, 9.17) is 0 Å². The molecule has 0 aromatic heterocycles. The summed E-state index contributed by atoms with van der Waals surface area (Å²) < 4.78 is 37.1. The van der Waals surface area contributed by atoms with Gasteiger partial charge in [0, 0.05) is 32.1 Å². The van der Waals surface area contributed by atoms with E-state index in [1.54, 1.807) is 11.9 Å². The summed E-state index contributed by atoms with van der Waals surface area (Å²) in [4.78, 5) is 26.5. The average Bonchev–Trinajstić information content (AvgIpc) is 2.95. The zero-order valence-electron chi connectivity index (χ0n) is 11.9. The number of likely N-dealkylation sites (tertiary alicyclic amines) is 2. The van der Waals surface area contributed by atoms with Crippen molar-refractivity contribution in [1.29, 1.82) is 0 Å². The first-order valence-electron chi connectivity index (χ1n) is 7.11. The molecule has 2 amide bonds. The Hall–Kier alpha value is -1.31. The average molecular weight is 307 g/mol. The lowest BCUT2D eigenvalue weighted by atomic mass is 10.1. The molecule has 2 heterocycles. The fraction of sp³-hybridized carbons (Fsp3) is 0.846. The molecule has 2 atom stereocenters. The van der Waals surface area contributed by atoms with Crippen LogP contribution in [0.25, 0.3) is 0 Å². The van der Waals surface area contributed by atoms with Crippen molar-refractivity contribution < 1.29 is 22.8 Å². The summed E-state index contributed by atoms with van der Waals surface area (Å²) in [5.41, 5.74) is 0. The van der Waals surface area contributed by atoms with Crippen molar-refractivity contribution >= 4 is 11.8 Å². The van der Waals surface area contributed by atoms with Crippen LogP contribution in [-0.2, 0) is 9.59 Å². The lowest BCUT2D eigenvalue weighted by Crippen LogP contribution is -2.44. The molecule has 0 aromatic carbocycles. The zero-order chi connectivity index (χ0) is 15.6. The normalized spacial score (nSPS) is 26.8. The molecular formula is C13H20F3N3O2. The van der Waals surface area contributed by atoms with Crippen LogP contribution in [0, 0.1) is 5.92 Å². The van der Waals surface area contributed by atoms with Gasteiger partial charge in [-0.15, -0.1) is 0 Å². The lowest BCUT2D eigenvalue weighted by molar-refractivity contribution is -0.157. The zero-order valence-corrected chi connectivity index (χ0v) is 11.9. The predicted molar refractivity (Wildman–Crippen MR) is 69.4 cm³/mol. The molecule has 0 bridgehead atoms. The van der Waals surface area contributed by atoms with Gasteiger partial charge in [-0.1, -0.05) is 0 Å². The molecule has 1 N–H and O–H groups in total. The van der Waals surface area contributed by atoms with Gasteiger partial charge in [0.25, 0.3) is 0 Å². The highest BCUT2D eigenvalue weighted by atomic mass is 19.4. The number of carbonyl (C=O) groups is 2. The SMILES string of the molecule is CNC[C@@H]1CCCN1C(=O)[C@@H]1CC(=O)N(CC(F)(F)F)C1. The highest BCUT2D eigenvalue weighted by molar-refractivity contribution is 5.89. The third-order valence-corrected chi connectivity index (χ3v) is 4.03. The van der Waals surface area contributed by atoms with Crippen LogP contribution < -0.4 is 5.32 Å². The van der Waals surface area contributed by atoms with Gasteiger partial charge in [-0.2, -0.15) is 13.2 Å². The Kier molecular flexibility index (Phi) is 4.75. The van der Waals surface area contributed by atoms with Crippen LogP contribution >= 0.6 is 0 Å². The minimum atomic E-state index is -4.42. The Morgan fingerprint density at radius 1 is 1.43 bits per heavy atom. The van der Waals surface area contributed by atoms with Crippen molar-refractivity contribution in [1.82, 2.24) is 15.1 Å². The van der Waals surface area contributed by atoms with E-state index in [0.717, 1.165) is 17.7 Å². The maximum absolute atomic E-state index is 12.4. The fourth-order valence-electron chi connectivity index (χ4n) is 3.12.